The van der Waals surface area contributed by atoms with Gasteiger partial charge < -0.3 is 24.2 Å². The van der Waals surface area contributed by atoms with E-state index in [4.69, 9.17) is 9.47 Å². The minimum Gasteiger partial charge on any atom is -0.447 e. The Kier molecular flexibility index (Phi) is 17.4. The van der Waals surface area contributed by atoms with E-state index in [9.17, 15) is 9.59 Å². The van der Waals surface area contributed by atoms with E-state index >= 15 is 0 Å². The van der Waals surface area contributed by atoms with Gasteiger partial charge in [-0.15, -0.1) is 0 Å². The number of hydrogen-bond acceptors (Lipinski definition) is 6. The van der Waals surface area contributed by atoms with E-state index in [0.29, 0.717) is 42.7 Å². The highest BCUT2D eigenvalue weighted by Crippen LogP contribution is 2.41. The standard InChI is InChI=1S/C14H27N.C13H25NO.C12H23NO.C11H21NO2/c1-11-9-8-10-12(13(2,3)4)15(11)14(5,6)7;1-10-8-15-9-11(12(2,3)4)14(10)13(5,6)7;1-11(2,3)9-7-8-10(14)13(9)12(4,5)6;1-10(2,3)8-7-14-9(13)12(8)11(4,5)6/h12H,1,8-10H2,2-7H3;11H,1,8-9H2,2-7H3;9H,7-8H2,1-6H3;8H,7H2,1-6H3. The van der Waals surface area contributed by atoms with E-state index in [1.807, 2.05) is 25.7 Å². The zero-order valence-electron chi connectivity index (χ0n) is 42.8. The number of morpholine rings is 1. The summed E-state index contributed by atoms with van der Waals surface area (Å²) in [4.78, 5) is 32.3. The Balaban J connectivity index is 0.000000387. The van der Waals surface area contributed by atoms with E-state index in [2.05, 4.69) is 173 Å². The lowest BCUT2D eigenvalue weighted by atomic mass is 9.78. The summed E-state index contributed by atoms with van der Waals surface area (Å²) in [6, 6.07) is 1.63. The molecule has 4 rings (SSSR count). The number of ether oxygens (including phenoxy) is 2. The molecule has 0 bridgehead atoms. The summed E-state index contributed by atoms with van der Waals surface area (Å²) in [6.07, 6.45) is 5.33. The first-order valence-corrected chi connectivity index (χ1v) is 22.4. The Morgan fingerprint density at radius 3 is 1.12 bits per heavy atom. The molecule has 4 atom stereocenters. The van der Waals surface area contributed by atoms with Crippen molar-refractivity contribution < 1.29 is 19.1 Å². The Hall–Kier alpha value is -2.22. The fraction of sp³-hybridized carbons (Fsp3) is 0.880. The highest BCUT2D eigenvalue weighted by molar-refractivity contribution is 5.79. The number of carbonyl (C=O) groups is 2. The molecule has 0 aromatic heterocycles. The second kappa shape index (κ2) is 18.8. The average molecular weight is 817 g/mol. The van der Waals surface area contributed by atoms with Crippen molar-refractivity contribution in [3.63, 3.8) is 0 Å². The highest BCUT2D eigenvalue weighted by atomic mass is 16.6. The van der Waals surface area contributed by atoms with Gasteiger partial charge >= 0.3 is 6.09 Å². The molecule has 0 aromatic rings. The number of cyclic esters (lactones) is 1. The third-order valence-electron chi connectivity index (χ3n) is 11.8. The Morgan fingerprint density at radius 2 is 0.810 bits per heavy atom. The molecular formula is C50H96N4O4. The van der Waals surface area contributed by atoms with Crippen LogP contribution in [0.1, 0.15) is 198 Å². The number of hydrogen-bond donors (Lipinski definition) is 0. The third kappa shape index (κ3) is 15.0. The normalized spacial score (nSPS) is 24.4. The van der Waals surface area contributed by atoms with Gasteiger partial charge in [0.1, 0.15) is 6.61 Å². The lowest BCUT2D eigenvalue weighted by Gasteiger charge is -2.52. The second-order valence-corrected chi connectivity index (χ2v) is 25.7. The van der Waals surface area contributed by atoms with E-state index < -0.39 is 0 Å². The lowest BCUT2D eigenvalue weighted by molar-refractivity contribution is -0.135. The van der Waals surface area contributed by atoms with Crippen LogP contribution in [0.5, 0.6) is 0 Å². The first-order valence-electron chi connectivity index (χ1n) is 22.4. The molecule has 58 heavy (non-hydrogen) atoms. The predicted molar refractivity (Wildman–Crippen MR) is 248 cm³/mol. The number of amides is 2. The second-order valence-electron chi connectivity index (χ2n) is 25.7. The maximum absolute atomic E-state index is 11.8. The minimum absolute atomic E-state index is 0.0362. The Labute approximate surface area is 360 Å². The fourth-order valence-corrected chi connectivity index (χ4v) is 9.11. The zero-order chi connectivity index (χ0) is 46.0. The first kappa shape index (κ1) is 53.8. The van der Waals surface area contributed by atoms with Gasteiger partial charge in [0.2, 0.25) is 5.91 Å². The molecular weight excluding hydrogens is 721 g/mol. The minimum atomic E-state index is -0.183. The van der Waals surface area contributed by atoms with Crippen molar-refractivity contribution in [2.45, 2.75) is 245 Å². The maximum atomic E-state index is 11.8. The van der Waals surface area contributed by atoms with Crippen LogP contribution in [-0.4, -0.2) is 97.7 Å². The molecule has 0 saturated carbocycles. The van der Waals surface area contributed by atoms with E-state index in [1.54, 1.807) is 0 Å². The van der Waals surface area contributed by atoms with Gasteiger partial charge in [-0.25, -0.2) is 4.79 Å². The topological polar surface area (TPSA) is 65.6 Å². The van der Waals surface area contributed by atoms with E-state index in [-0.39, 0.29) is 50.5 Å². The molecule has 340 valence electrons. The summed E-state index contributed by atoms with van der Waals surface area (Å²) in [5.74, 6) is 0.317. The molecule has 0 radical (unpaired) electrons. The van der Waals surface area contributed by atoms with E-state index in [1.165, 1.54) is 25.0 Å². The number of piperidine rings is 1. The monoisotopic (exact) mass is 817 g/mol. The average Bonchev–Trinajstić information content (AvgIpc) is 3.59. The van der Waals surface area contributed by atoms with Crippen LogP contribution >= 0.6 is 0 Å². The number of allylic oxidation sites excluding steroid dienone is 1. The summed E-state index contributed by atoms with van der Waals surface area (Å²) < 4.78 is 10.7. The van der Waals surface area contributed by atoms with Crippen molar-refractivity contribution in [2.75, 3.05) is 19.8 Å². The first-order chi connectivity index (χ1) is 25.6. The van der Waals surface area contributed by atoms with Gasteiger partial charge in [-0.05, 0) is 130 Å². The van der Waals surface area contributed by atoms with Gasteiger partial charge in [0.25, 0.3) is 0 Å². The third-order valence-corrected chi connectivity index (χ3v) is 11.8. The molecule has 4 aliphatic rings. The largest absolute Gasteiger partial charge is 0.447 e. The van der Waals surface area contributed by atoms with Crippen molar-refractivity contribution in [1.29, 1.82) is 0 Å². The Bertz CT molecular complexity index is 1270. The fourth-order valence-electron chi connectivity index (χ4n) is 9.11. The molecule has 8 heteroatoms. The van der Waals surface area contributed by atoms with Gasteiger partial charge in [-0.2, -0.15) is 0 Å². The van der Waals surface area contributed by atoms with Gasteiger partial charge in [0.15, 0.2) is 0 Å². The molecule has 0 spiro atoms. The van der Waals surface area contributed by atoms with Gasteiger partial charge in [-0.3, -0.25) is 9.69 Å². The molecule has 4 aliphatic heterocycles. The summed E-state index contributed by atoms with van der Waals surface area (Å²) >= 11 is 0. The SMILES string of the molecule is C=C1CCCC(C(C)(C)C)N1C(C)(C)C.C=C1COCC(C(C)(C)C)N1C(C)(C)C.CC(C)(C)C1CCC(=O)N1C(C)(C)C.CC(C)(C)C1COC(=O)N1C(C)(C)C. The van der Waals surface area contributed by atoms with Crippen LogP contribution in [-0.2, 0) is 14.3 Å². The van der Waals surface area contributed by atoms with Crippen molar-refractivity contribution in [1.82, 2.24) is 19.6 Å². The van der Waals surface area contributed by atoms with Crippen molar-refractivity contribution in [3.05, 3.63) is 24.6 Å². The number of rotatable bonds is 0. The molecule has 0 aliphatic carbocycles. The van der Waals surface area contributed by atoms with Gasteiger partial charge in [0, 0.05) is 52.1 Å². The molecule has 4 fully saturated rings. The number of nitrogens with zero attached hydrogens (tertiary/aromatic N) is 4. The van der Waals surface area contributed by atoms with Crippen LogP contribution in [0.25, 0.3) is 0 Å². The lowest BCUT2D eigenvalue weighted by Crippen LogP contribution is -2.57. The molecule has 8 nitrogen and oxygen atoms in total. The maximum Gasteiger partial charge on any atom is 0.410 e. The van der Waals surface area contributed by atoms with Crippen LogP contribution in [0.15, 0.2) is 24.6 Å². The van der Waals surface area contributed by atoms with Gasteiger partial charge in [-0.1, -0.05) is 96.2 Å². The zero-order valence-corrected chi connectivity index (χ0v) is 42.8. The Morgan fingerprint density at radius 1 is 0.448 bits per heavy atom. The van der Waals surface area contributed by atoms with Crippen molar-refractivity contribution in [3.8, 4) is 0 Å². The molecule has 4 unspecified atom stereocenters. The quantitative estimate of drug-likeness (QED) is 0.243. The van der Waals surface area contributed by atoms with Crippen LogP contribution in [0.2, 0.25) is 0 Å². The molecule has 0 aromatic carbocycles. The van der Waals surface area contributed by atoms with Gasteiger partial charge in [0.05, 0.1) is 25.3 Å². The molecule has 2 amide bonds. The van der Waals surface area contributed by atoms with Crippen LogP contribution in [0.4, 0.5) is 4.79 Å². The van der Waals surface area contributed by atoms with E-state index in [0.717, 1.165) is 25.1 Å². The van der Waals surface area contributed by atoms with Crippen LogP contribution < -0.4 is 0 Å². The highest BCUT2D eigenvalue weighted by Gasteiger charge is 2.46. The van der Waals surface area contributed by atoms with Crippen molar-refractivity contribution >= 4 is 12.0 Å². The molecule has 4 saturated heterocycles. The molecule has 0 N–H and O–H groups in total. The van der Waals surface area contributed by atoms with Crippen LogP contribution in [0, 0.1) is 21.7 Å². The summed E-state index contributed by atoms with van der Waals surface area (Å²) in [5, 5.41) is 0. The predicted octanol–water partition coefficient (Wildman–Crippen LogP) is 12.7. The summed E-state index contributed by atoms with van der Waals surface area (Å²) in [6.45, 7) is 63.3. The van der Waals surface area contributed by atoms with Crippen LogP contribution in [0.3, 0.4) is 0 Å². The summed E-state index contributed by atoms with van der Waals surface area (Å²) in [7, 11) is 0. The smallest absolute Gasteiger partial charge is 0.410 e. The number of carbonyl (C=O) groups excluding carboxylic acids is 2. The van der Waals surface area contributed by atoms with Crippen molar-refractivity contribution in [2.24, 2.45) is 21.7 Å². The number of likely N-dealkylation sites (tertiary alicyclic amines) is 2. The summed E-state index contributed by atoms with van der Waals surface area (Å²) in [5.41, 5.74) is 3.39. The molecule has 4 heterocycles.